The van der Waals surface area contributed by atoms with Crippen LogP contribution in [0.2, 0.25) is 5.02 Å². The first-order chi connectivity index (χ1) is 12.0. The highest BCUT2D eigenvalue weighted by Gasteiger charge is 2.11. The zero-order valence-electron chi connectivity index (χ0n) is 14.0. The SMILES string of the molecule is Cc1ccc(NC(=O)CSc2nccn2-c2ccccc2C)cc1Cl. The molecule has 0 saturated carbocycles. The fraction of sp³-hybridized carbons (Fsp3) is 0.158. The summed E-state index contributed by atoms with van der Waals surface area (Å²) < 4.78 is 2.00. The number of aryl methyl sites for hydroxylation is 2. The van der Waals surface area contributed by atoms with Crippen LogP contribution < -0.4 is 5.32 Å². The van der Waals surface area contributed by atoms with E-state index in [-0.39, 0.29) is 11.7 Å². The summed E-state index contributed by atoms with van der Waals surface area (Å²) >= 11 is 7.49. The monoisotopic (exact) mass is 371 g/mol. The van der Waals surface area contributed by atoms with E-state index in [4.69, 9.17) is 11.6 Å². The maximum Gasteiger partial charge on any atom is 0.234 e. The molecule has 0 atom stereocenters. The van der Waals surface area contributed by atoms with E-state index < -0.39 is 0 Å². The van der Waals surface area contributed by atoms with Crippen molar-refractivity contribution in [1.82, 2.24) is 9.55 Å². The van der Waals surface area contributed by atoms with Crippen LogP contribution in [0.3, 0.4) is 0 Å². The van der Waals surface area contributed by atoms with Gasteiger partial charge in [-0.1, -0.05) is 47.6 Å². The molecule has 0 aliphatic heterocycles. The van der Waals surface area contributed by atoms with Gasteiger partial charge in [-0.3, -0.25) is 9.36 Å². The lowest BCUT2D eigenvalue weighted by molar-refractivity contribution is -0.113. The minimum Gasteiger partial charge on any atom is -0.325 e. The van der Waals surface area contributed by atoms with E-state index in [1.165, 1.54) is 11.8 Å². The second-order valence-electron chi connectivity index (χ2n) is 5.67. The average Bonchev–Trinajstić information content (AvgIpc) is 3.05. The molecule has 0 radical (unpaired) electrons. The van der Waals surface area contributed by atoms with Gasteiger partial charge in [-0.05, 0) is 43.2 Å². The van der Waals surface area contributed by atoms with Crippen LogP contribution >= 0.6 is 23.4 Å². The topological polar surface area (TPSA) is 46.9 Å². The Hall–Kier alpha value is -2.24. The molecule has 0 spiro atoms. The van der Waals surface area contributed by atoms with Gasteiger partial charge in [0.25, 0.3) is 0 Å². The van der Waals surface area contributed by atoms with Gasteiger partial charge in [0.1, 0.15) is 0 Å². The fourth-order valence-electron chi connectivity index (χ4n) is 2.41. The molecular weight excluding hydrogens is 354 g/mol. The number of hydrogen-bond donors (Lipinski definition) is 1. The number of rotatable bonds is 5. The van der Waals surface area contributed by atoms with E-state index in [0.29, 0.717) is 10.7 Å². The summed E-state index contributed by atoms with van der Waals surface area (Å²) in [5, 5.41) is 4.28. The molecule has 1 N–H and O–H groups in total. The van der Waals surface area contributed by atoms with E-state index in [0.717, 1.165) is 22.0 Å². The molecule has 6 heteroatoms. The van der Waals surface area contributed by atoms with E-state index in [2.05, 4.69) is 23.3 Å². The van der Waals surface area contributed by atoms with E-state index in [1.54, 1.807) is 12.3 Å². The first-order valence-corrected chi connectivity index (χ1v) is 9.19. The molecule has 0 aliphatic carbocycles. The smallest absolute Gasteiger partial charge is 0.234 e. The van der Waals surface area contributed by atoms with Crippen LogP contribution in [0.5, 0.6) is 0 Å². The molecule has 0 aliphatic rings. The van der Waals surface area contributed by atoms with Crippen LogP contribution in [0.4, 0.5) is 5.69 Å². The van der Waals surface area contributed by atoms with Gasteiger partial charge in [0.2, 0.25) is 5.91 Å². The highest BCUT2D eigenvalue weighted by molar-refractivity contribution is 7.99. The number of para-hydroxylation sites is 1. The molecule has 4 nitrogen and oxygen atoms in total. The first kappa shape index (κ1) is 17.6. The lowest BCUT2D eigenvalue weighted by Gasteiger charge is -2.10. The molecule has 25 heavy (non-hydrogen) atoms. The molecule has 1 amide bonds. The number of carbonyl (C=O) groups excluding carboxylic acids is 1. The number of aromatic nitrogens is 2. The van der Waals surface area contributed by atoms with Gasteiger partial charge >= 0.3 is 0 Å². The summed E-state index contributed by atoms with van der Waals surface area (Å²) in [4.78, 5) is 16.6. The average molecular weight is 372 g/mol. The molecule has 0 saturated heterocycles. The van der Waals surface area contributed by atoms with Gasteiger partial charge < -0.3 is 5.32 Å². The predicted molar refractivity (Wildman–Crippen MR) is 104 cm³/mol. The van der Waals surface area contributed by atoms with Crippen LogP contribution in [0.25, 0.3) is 5.69 Å². The number of carbonyl (C=O) groups is 1. The molecule has 128 valence electrons. The van der Waals surface area contributed by atoms with Gasteiger partial charge in [0.05, 0.1) is 11.4 Å². The zero-order valence-corrected chi connectivity index (χ0v) is 15.6. The Morgan fingerprint density at radius 1 is 1.20 bits per heavy atom. The van der Waals surface area contributed by atoms with Crippen LogP contribution in [0.1, 0.15) is 11.1 Å². The Kier molecular flexibility index (Phi) is 5.46. The molecule has 1 heterocycles. The number of imidazole rings is 1. The molecule has 0 unspecified atom stereocenters. The van der Waals surface area contributed by atoms with Gasteiger partial charge in [0, 0.05) is 23.1 Å². The molecule has 2 aromatic carbocycles. The van der Waals surface area contributed by atoms with Gasteiger partial charge in [-0.2, -0.15) is 0 Å². The Labute approximate surface area is 156 Å². The normalized spacial score (nSPS) is 10.7. The quantitative estimate of drug-likeness (QED) is 0.650. The molecule has 1 aromatic heterocycles. The molecule has 3 rings (SSSR count). The number of anilines is 1. The third-order valence-electron chi connectivity index (χ3n) is 3.77. The van der Waals surface area contributed by atoms with Crippen LogP contribution in [0.15, 0.2) is 60.0 Å². The zero-order chi connectivity index (χ0) is 17.8. The van der Waals surface area contributed by atoms with Crippen molar-refractivity contribution in [3.63, 3.8) is 0 Å². The van der Waals surface area contributed by atoms with Gasteiger partial charge in [-0.15, -0.1) is 0 Å². The second kappa shape index (κ2) is 7.76. The number of hydrogen-bond acceptors (Lipinski definition) is 3. The Morgan fingerprint density at radius 3 is 2.76 bits per heavy atom. The maximum absolute atomic E-state index is 12.2. The van der Waals surface area contributed by atoms with E-state index >= 15 is 0 Å². The summed E-state index contributed by atoms with van der Waals surface area (Å²) in [6.07, 6.45) is 3.65. The van der Waals surface area contributed by atoms with Crippen molar-refractivity contribution in [3.05, 3.63) is 71.0 Å². The van der Waals surface area contributed by atoms with Gasteiger partial charge in [-0.25, -0.2) is 4.98 Å². The van der Waals surface area contributed by atoms with E-state index in [9.17, 15) is 4.79 Å². The Balaban J connectivity index is 1.66. The molecule has 0 bridgehead atoms. The summed E-state index contributed by atoms with van der Waals surface area (Å²) in [6, 6.07) is 13.6. The van der Waals surface area contributed by atoms with Crippen LogP contribution in [-0.2, 0) is 4.79 Å². The van der Waals surface area contributed by atoms with Crippen molar-refractivity contribution in [2.45, 2.75) is 19.0 Å². The molecule has 0 fully saturated rings. The lowest BCUT2D eigenvalue weighted by Crippen LogP contribution is -2.14. The maximum atomic E-state index is 12.2. The number of benzene rings is 2. The van der Waals surface area contributed by atoms with Crippen molar-refractivity contribution >= 4 is 35.0 Å². The van der Waals surface area contributed by atoms with Crippen molar-refractivity contribution in [2.75, 3.05) is 11.1 Å². The summed E-state index contributed by atoms with van der Waals surface area (Å²) in [7, 11) is 0. The second-order valence-corrected chi connectivity index (χ2v) is 7.02. The van der Waals surface area contributed by atoms with Gasteiger partial charge in [0.15, 0.2) is 5.16 Å². The lowest BCUT2D eigenvalue weighted by atomic mass is 10.2. The summed E-state index contributed by atoms with van der Waals surface area (Å²) in [6.45, 7) is 3.98. The first-order valence-electron chi connectivity index (χ1n) is 7.83. The minimum absolute atomic E-state index is 0.0933. The van der Waals surface area contributed by atoms with Crippen molar-refractivity contribution in [1.29, 1.82) is 0 Å². The Morgan fingerprint density at radius 2 is 2.00 bits per heavy atom. The standard InChI is InChI=1S/C19H18ClN3OS/c1-13-7-8-15(11-16(13)20)22-18(24)12-25-19-21-9-10-23(19)17-6-4-3-5-14(17)2/h3-11H,12H2,1-2H3,(H,22,24). The molecule has 3 aromatic rings. The van der Waals surface area contributed by atoms with Crippen LogP contribution in [0, 0.1) is 13.8 Å². The third kappa shape index (κ3) is 4.24. The Bertz CT molecular complexity index is 907. The van der Waals surface area contributed by atoms with E-state index in [1.807, 2.05) is 48.0 Å². The number of amides is 1. The van der Waals surface area contributed by atoms with Crippen LogP contribution in [-0.4, -0.2) is 21.2 Å². The van der Waals surface area contributed by atoms with Crippen molar-refractivity contribution in [2.24, 2.45) is 0 Å². The highest BCUT2D eigenvalue weighted by atomic mass is 35.5. The van der Waals surface area contributed by atoms with Crippen molar-refractivity contribution in [3.8, 4) is 5.69 Å². The summed E-state index contributed by atoms with van der Waals surface area (Å²) in [5.74, 6) is 0.179. The number of nitrogens with zero attached hydrogens (tertiary/aromatic N) is 2. The number of halogens is 1. The third-order valence-corrected chi connectivity index (χ3v) is 5.14. The number of thioether (sulfide) groups is 1. The predicted octanol–water partition coefficient (Wildman–Crippen LogP) is 4.87. The largest absolute Gasteiger partial charge is 0.325 e. The fourth-order valence-corrected chi connectivity index (χ4v) is 3.36. The summed E-state index contributed by atoms with van der Waals surface area (Å²) in [5.41, 5.74) is 3.90. The highest BCUT2D eigenvalue weighted by Crippen LogP contribution is 2.23. The number of nitrogens with one attached hydrogen (secondary N) is 1. The molecular formula is C19H18ClN3OS. The van der Waals surface area contributed by atoms with Crippen molar-refractivity contribution < 1.29 is 4.79 Å². The minimum atomic E-state index is -0.0933.